The number of rotatable bonds is 8. The first-order valence-electron chi connectivity index (χ1n) is 10.5. The highest BCUT2D eigenvalue weighted by Crippen LogP contribution is 2.27. The zero-order chi connectivity index (χ0) is 22.3. The molecule has 2 aromatic rings. The Bertz CT molecular complexity index is 903. The number of nitrogens with one attached hydrogen (secondary N) is 1. The lowest BCUT2D eigenvalue weighted by Crippen LogP contribution is -2.59. The van der Waals surface area contributed by atoms with Gasteiger partial charge in [0.1, 0.15) is 12.6 Å². The summed E-state index contributed by atoms with van der Waals surface area (Å²) in [4.78, 5) is 37.7. The predicted molar refractivity (Wildman–Crippen MR) is 115 cm³/mol. The van der Waals surface area contributed by atoms with Crippen molar-refractivity contribution in [2.24, 2.45) is 0 Å². The molecule has 1 aliphatic rings. The molecule has 0 aromatic heterocycles. The topological polar surface area (TPSA) is 92.7 Å². The summed E-state index contributed by atoms with van der Waals surface area (Å²) in [6.45, 7) is 2.21. The number of quaternary nitrogens is 1. The summed E-state index contributed by atoms with van der Waals surface area (Å²) in [7, 11) is 0. The molecule has 3 rings (SSSR count). The smallest absolute Gasteiger partial charge is 0.445 e. The highest BCUT2D eigenvalue weighted by atomic mass is 16.5. The number of nitrogens with zero attached hydrogens (tertiary/aromatic N) is 1. The van der Waals surface area contributed by atoms with Crippen molar-refractivity contribution in [1.82, 2.24) is 5.32 Å². The third-order valence-electron chi connectivity index (χ3n) is 6.02. The number of carbonyl (C=O) groups is 3. The van der Waals surface area contributed by atoms with Gasteiger partial charge in [-0.05, 0) is 18.1 Å². The third kappa shape index (κ3) is 5.70. The fourth-order valence-corrected chi connectivity index (χ4v) is 4.11. The van der Waals surface area contributed by atoms with Gasteiger partial charge in [-0.25, -0.2) is 9.28 Å². The first-order chi connectivity index (χ1) is 14.9. The van der Waals surface area contributed by atoms with Crippen LogP contribution in [0.15, 0.2) is 60.7 Å². The minimum Gasteiger partial charge on any atom is -0.445 e. The maximum atomic E-state index is 13.2. The van der Waals surface area contributed by atoms with Crippen molar-refractivity contribution in [3.05, 3.63) is 71.8 Å². The number of carbonyl (C=O) groups excluding carboxylic acids is 2. The zero-order valence-electron chi connectivity index (χ0n) is 17.7. The summed E-state index contributed by atoms with van der Waals surface area (Å²) in [5, 5.41) is 12.5. The van der Waals surface area contributed by atoms with Crippen LogP contribution >= 0.6 is 0 Å². The summed E-state index contributed by atoms with van der Waals surface area (Å²) in [5.74, 6) is -0.309. The van der Waals surface area contributed by atoms with E-state index in [4.69, 9.17) is 4.74 Å². The Morgan fingerprint density at radius 1 is 1.06 bits per heavy atom. The van der Waals surface area contributed by atoms with Crippen LogP contribution in [0.5, 0.6) is 0 Å². The molecule has 0 radical (unpaired) electrons. The number of alkyl carbamates (subject to hydrolysis) is 1. The summed E-state index contributed by atoms with van der Waals surface area (Å²) in [5.41, 5.74) is 1.71. The van der Waals surface area contributed by atoms with Crippen molar-refractivity contribution in [1.29, 1.82) is 0 Å². The lowest BCUT2D eigenvalue weighted by atomic mass is 10.0. The molecule has 0 aliphatic carbocycles. The van der Waals surface area contributed by atoms with Crippen LogP contribution in [0.4, 0.5) is 9.59 Å². The minimum absolute atomic E-state index is 0.0884. The third-order valence-corrected chi connectivity index (χ3v) is 6.02. The first kappa shape index (κ1) is 22.5. The van der Waals surface area contributed by atoms with Crippen molar-refractivity contribution in [2.45, 2.75) is 44.9 Å². The van der Waals surface area contributed by atoms with Gasteiger partial charge in [0.05, 0.1) is 12.6 Å². The molecule has 1 heterocycles. The van der Waals surface area contributed by atoms with Gasteiger partial charge < -0.3 is 15.2 Å². The van der Waals surface area contributed by atoms with Gasteiger partial charge >= 0.3 is 12.2 Å². The Labute approximate surface area is 182 Å². The van der Waals surface area contributed by atoms with Crippen LogP contribution in [-0.4, -0.2) is 52.7 Å². The van der Waals surface area contributed by atoms with Crippen LogP contribution in [-0.2, 0) is 22.6 Å². The average molecular weight is 426 g/mol. The monoisotopic (exact) mass is 425 g/mol. The van der Waals surface area contributed by atoms with Gasteiger partial charge in [-0.15, -0.1) is 0 Å². The second kappa shape index (κ2) is 10.2. The van der Waals surface area contributed by atoms with E-state index in [-0.39, 0.29) is 35.9 Å². The Kier molecular flexibility index (Phi) is 7.41. The molecule has 164 valence electrons. The van der Waals surface area contributed by atoms with Crippen LogP contribution in [0, 0.1) is 0 Å². The number of hydrogen-bond acceptors (Lipinski definition) is 4. The van der Waals surface area contributed by atoms with E-state index in [2.05, 4.69) is 5.32 Å². The largest absolute Gasteiger partial charge is 0.514 e. The Hall–Kier alpha value is -3.19. The molecule has 31 heavy (non-hydrogen) atoms. The molecular formula is C24H29N2O5+. The summed E-state index contributed by atoms with van der Waals surface area (Å²) < 4.78 is 5.00. The van der Waals surface area contributed by atoms with Gasteiger partial charge in [-0.3, -0.25) is 4.79 Å². The van der Waals surface area contributed by atoms with Gasteiger partial charge in [0.15, 0.2) is 6.54 Å². The number of Topliss-reactive ketones (excluding diaryl/α,β-unsaturated/α-hetero) is 1. The maximum absolute atomic E-state index is 13.2. The van der Waals surface area contributed by atoms with Gasteiger partial charge in [0, 0.05) is 19.3 Å². The van der Waals surface area contributed by atoms with Crippen molar-refractivity contribution in [3.63, 3.8) is 0 Å². The van der Waals surface area contributed by atoms with Gasteiger partial charge in [-0.1, -0.05) is 60.7 Å². The molecule has 1 saturated heterocycles. The van der Waals surface area contributed by atoms with Crippen molar-refractivity contribution in [3.8, 4) is 0 Å². The Morgan fingerprint density at radius 3 is 2.23 bits per heavy atom. The van der Waals surface area contributed by atoms with E-state index in [1.54, 1.807) is 0 Å². The van der Waals surface area contributed by atoms with E-state index < -0.39 is 18.2 Å². The second-order valence-corrected chi connectivity index (χ2v) is 8.10. The second-order valence-electron chi connectivity index (χ2n) is 8.10. The van der Waals surface area contributed by atoms with E-state index >= 15 is 0 Å². The average Bonchev–Trinajstić information content (AvgIpc) is 3.14. The van der Waals surface area contributed by atoms with Gasteiger partial charge in [0.25, 0.3) is 0 Å². The minimum atomic E-state index is -0.997. The molecule has 3 atom stereocenters. The molecular weight excluding hydrogens is 396 g/mol. The summed E-state index contributed by atoms with van der Waals surface area (Å²) in [6.07, 6.45) is 0.0956. The lowest BCUT2D eigenvalue weighted by molar-refractivity contribution is -0.859. The molecule has 2 aromatic carbocycles. The van der Waals surface area contributed by atoms with Crippen LogP contribution in [0.3, 0.4) is 0 Å². The van der Waals surface area contributed by atoms with Crippen molar-refractivity contribution >= 4 is 18.0 Å². The SMILES string of the molecule is C[C@@H]1CCC[N+]1(CC(=O)[C@H](Cc1ccccc1)NC(=O)OCc1ccccc1)C(=O)O. The molecule has 7 heteroatoms. The highest BCUT2D eigenvalue weighted by molar-refractivity contribution is 5.89. The number of ether oxygens (including phenoxy) is 1. The van der Waals surface area contributed by atoms with E-state index in [9.17, 15) is 19.5 Å². The highest BCUT2D eigenvalue weighted by Gasteiger charge is 2.48. The molecule has 1 unspecified atom stereocenters. The molecule has 2 N–H and O–H groups in total. The number of amides is 2. The number of carboxylic acid groups (broad SMARTS) is 1. The molecule has 0 bridgehead atoms. The van der Waals surface area contributed by atoms with E-state index in [1.165, 1.54) is 0 Å². The molecule has 0 spiro atoms. The predicted octanol–water partition coefficient (Wildman–Crippen LogP) is 3.77. The molecule has 1 fully saturated rings. The maximum Gasteiger partial charge on any atom is 0.514 e. The van der Waals surface area contributed by atoms with Crippen LogP contribution in [0.1, 0.15) is 30.9 Å². The van der Waals surface area contributed by atoms with E-state index in [0.29, 0.717) is 6.54 Å². The van der Waals surface area contributed by atoms with E-state index in [0.717, 1.165) is 24.0 Å². The summed E-state index contributed by atoms with van der Waals surface area (Å²) >= 11 is 0. The van der Waals surface area contributed by atoms with Crippen molar-refractivity contribution in [2.75, 3.05) is 13.1 Å². The van der Waals surface area contributed by atoms with Crippen LogP contribution < -0.4 is 5.32 Å². The fraction of sp³-hybridized carbons (Fsp3) is 0.375. The van der Waals surface area contributed by atoms with Crippen molar-refractivity contribution < 1.29 is 28.7 Å². The Morgan fingerprint density at radius 2 is 1.68 bits per heavy atom. The number of benzene rings is 2. The Balaban J connectivity index is 1.71. The van der Waals surface area contributed by atoms with Crippen LogP contribution in [0.25, 0.3) is 0 Å². The lowest BCUT2D eigenvalue weighted by Gasteiger charge is -2.33. The van der Waals surface area contributed by atoms with Gasteiger partial charge in [-0.2, -0.15) is 4.79 Å². The fourth-order valence-electron chi connectivity index (χ4n) is 4.11. The number of likely N-dealkylation sites (tertiary alicyclic amines) is 1. The van der Waals surface area contributed by atoms with Gasteiger partial charge in [0.2, 0.25) is 5.78 Å². The summed E-state index contributed by atoms with van der Waals surface area (Å²) in [6, 6.07) is 17.6. The van der Waals surface area contributed by atoms with E-state index in [1.807, 2.05) is 67.6 Å². The normalized spacial score (nSPS) is 21.3. The standard InChI is InChI=1S/C24H28N2O5/c1-18-9-8-14-26(18,24(29)30)16-22(27)21(15-19-10-4-2-5-11-19)25-23(28)31-17-20-12-6-3-7-13-20/h2-7,10-13,18,21H,8-9,14-17H2,1H3,(H-,25,28,29,30)/p+1/t18-,21+,26?/m1/s1. The number of hydrogen-bond donors (Lipinski definition) is 2. The molecule has 1 aliphatic heterocycles. The number of ketones is 1. The molecule has 0 saturated carbocycles. The quantitative estimate of drug-likeness (QED) is 0.628. The zero-order valence-corrected chi connectivity index (χ0v) is 17.7. The van der Waals surface area contributed by atoms with Crippen LogP contribution in [0.2, 0.25) is 0 Å². The molecule has 7 nitrogen and oxygen atoms in total. The first-order valence-corrected chi connectivity index (χ1v) is 10.5. The molecule has 2 amide bonds.